The SMILES string of the molecule is CCNC(=NCc1cccc(COCCOCC)c1)NCC1(CCOC)CCCC1. The Kier molecular flexibility index (Phi) is 11.8. The van der Waals surface area contributed by atoms with Crippen LogP contribution in [-0.4, -0.2) is 52.6 Å². The summed E-state index contributed by atoms with van der Waals surface area (Å²) in [5.74, 6) is 0.888. The predicted molar refractivity (Wildman–Crippen MR) is 123 cm³/mol. The van der Waals surface area contributed by atoms with Gasteiger partial charge in [0.2, 0.25) is 0 Å². The Morgan fingerprint density at radius 2 is 1.80 bits per heavy atom. The molecule has 1 aliphatic carbocycles. The maximum Gasteiger partial charge on any atom is 0.191 e. The van der Waals surface area contributed by atoms with Gasteiger partial charge in [-0.15, -0.1) is 0 Å². The Morgan fingerprint density at radius 1 is 1.03 bits per heavy atom. The molecule has 1 aliphatic rings. The third-order valence-corrected chi connectivity index (χ3v) is 5.73. The highest BCUT2D eigenvalue weighted by molar-refractivity contribution is 5.79. The summed E-state index contributed by atoms with van der Waals surface area (Å²) >= 11 is 0. The van der Waals surface area contributed by atoms with Crippen LogP contribution < -0.4 is 10.6 Å². The summed E-state index contributed by atoms with van der Waals surface area (Å²) < 4.78 is 16.3. The zero-order chi connectivity index (χ0) is 21.5. The highest BCUT2D eigenvalue weighted by Gasteiger charge is 2.33. The van der Waals surface area contributed by atoms with Gasteiger partial charge < -0.3 is 24.8 Å². The highest BCUT2D eigenvalue weighted by Crippen LogP contribution is 2.40. The first-order chi connectivity index (χ1) is 14.7. The fourth-order valence-electron chi connectivity index (χ4n) is 4.01. The van der Waals surface area contributed by atoms with Gasteiger partial charge in [-0.05, 0) is 49.7 Å². The maximum absolute atomic E-state index is 5.68. The number of hydrogen-bond acceptors (Lipinski definition) is 4. The van der Waals surface area contributed by atoms with Crippen molar-refractivity contribution in [1.29, 1.82) is 0 Å². The molecule has 0 saturated heterocycles. The Balaban J connectivity index is 1.88. The summed E-state index contributed by atoms with van der Waals surface area (Å²) in [5, 5.41) is 6.98. The summed E-state index contributed by atoms with van der Waals surface area (Å²) in [6.45, 7) is 9.97. The van der Waals surface area contributed by atoms with Crippen LogP contribution in [0.3, 0.4) is 0 Å². The maximum atomic E-state index is 5.68. The molecule has 1 saturated carbocycles. The summed E-state index contributed by atoms with van der Waals surface area (Å²) in [5.41, 5.74) is 2.69. The van der Waals surface area contributed by atoms with Gasteiger partial charge in [-0.3, -0.25) is 0 Å². The van der Waals surface area contributed by atoms with Crippen molar-refractivity contribution < 1.29 is 14.2 Å². The molecule has 0 amide bonds. The molecular formula is C24H41N3O3. The van der Waals surface area contributed by atoms with Gasteiger partial charge in [0.15, 0.2) is 5.96 Å². The van der Waals surface area contributed by atoms with Crippen LogP contribution in [0.15, 0.2) is 29.3 Å². The third-order valence-electron chi connectivity index (χ3n) is 5.73. The van der Waals surface area contributed by atoms with Gasteiger partial charge >= 0.3 is 0 Å². The van der Waals surface area contributed by atoms with Crippen molar-refractivity contribution in [1.82, 2.24) is 10.6 Å². The molecule has 0 aliphatic heterocycles. The number of methoxy groups -OCH3 is 1. The van der Waals surface area contributed by atoms with Crippen LogP contribution in [-0.2, 0) is 27.4 Å². The number of ether oxygens (including phenoxy) is 3. The molecule has 170 valence electrons. The molecule has 1 fully saturated rings. The van der Waals surface area contributed by atoms with E-state index in [0.29, 0.717) is 31.8 Å². The summed E-state index contributed by atoms with van der Waals surface area (Å²) in [7, 11) is 1.79. The fourth-order valence-corrected chi connectivity index (χ4v) is 4.01. The van der Waals surface area contributed by atoms with Crippen molar-refractivity contribution in [2.24, 2.45) is 10.4 Å². The number of rotatable bonds is 14. The van der Waals surface area contributed by atoms with Crippen LogP contribution >= 0.6 is 0 Å². The quantitative estimate of drug-likeness (QED) is 0.272. The van der Waals surface area contributed by atoms with Crippen LogP contribution in [0.5, 0.6) is 0 Å². The molecule has 0 unspecified atom stereocenters. The van der Waals surface area contributed by atoms with Crippen molar-refractivity contribution in [3.63, 3.8) is 0 Å². The van der Waals surface area contributed by atoms with Crippen molar-refractivity contribution in [2.75, 3.05) is 46.6 Å². The second-order valence-electron chi connectivity index (χ2n) is 8.07. The lowest BCUT2D eigenvalue weighted by Crippen LogP contribution is -2.43. The van der Waals surface area contributed by atoms with E-state index in [0.717, 1.165) is 38.7 Å². The van der Waals surface area contributed by atoms with E-state index < -0.39 is 0 Å². The number of benzene rings is 1. The minimum atomic E-state index is 0.338. The molecule has 1 aromatic rings. The Bertz CT molecular complexity index is 615. The first-order valence-electron chi connectivity index (χ1n) is 11.5. The molecule has 6 heteroatoms. The number of guanidine groups is 1. The van der Waals surface area contributed by atoms with Crippen molar-refractivity contribution in [3.8, 4) is 0 Å². The molecule has 0 aromatic heterocycles. The second kappa shape index (κ2) is 14.4. The van der Waals surface area contributed by atoms with Crippen LogP contribution in [0, 0.1) is 5.41 Å². The predicted octanol–water partition coefficient (Wildman–Crippen LogP) is 3.89. The highest BCUT2D eigenvalue weighted by atomic mass is 16.5. The number of nitrogens with zero attached hydrogens (tertiary/aromatic N) is 1. The molecule has 0 spiro atoms. The standard InChI is InChI=1S/C24H41N3O3/c1-4-25-23(27-20-24(13-14-28-3)11-6-7-12-24)26-18-21-9-8-10-22(17-21)19-30-16-15-29-5-2/h8-10,17H,4-7,11-16,18-20H2,1-3H3,(H2,25,26,27). The van der Waals surface area contributed by atoms with Crippen LogP contribution in [0.4, 0.5) is 0 Å². The smallest absolute Gasteiger partial charge is 0.191 e. The van der Waals surface area contributed by atoms with Crippen LogP contribution in [0.25, 0.3) is 0 Å². The van der Waals surface area contributed by atoms with Crippen molar-refractivity contribution in [2.45, 2.75) is 59.1 Å². The lowest BCUT2D eigenvalue weighted by Gasteiger charge is -2.30. The fraction of sp³-hybridized carbons (Fsp3) is 0.708. The summed E-state index contributed by atoms with van der Waals surface area (Å²) in [4.78, 5) is 4.82. The van der Waals surface area contributed by atoms with E-state index in [9.17, 15) is 0 Å². The van der Waals surface area contributed by atoms with Gasteiger partial charge in [0, 0.05) is 33.4 Å². The van der Waals surface area contributed by atoms with E-state index in [1.54, 1.807) is 7.11 Å². The molecule has 2 N–H and O–H groups in total. The van der Waals surface area contributed by atoms with E-state index in [4.69, 9.17) is 19.2 Å². The van der Waals surface area contributed by atoms with Gasteiger partial charge in [-0.1, -0.05) is 37.1 Å². The number of aliphatic imine (C=N–C) groups is 1. The van der Waals surface area contributed by atoms with E-state index >= 15 is 0 Å². The molecule has 0 bridgehead atoms. The largest absolute Gasteiger partial charge is 0.385 e. The zero-order valence-corrected chi connectivity index (χ0v) is 19.2. The Labute approximate surface area is 182 Å². The van der Waals surface area contributed by atoms with Gasteiger partial charge in [0.05, 0.1) is 26.4 Å². The Morgan fingerprint density at radius 3 is 2.53 bits per heavy atom. The van der Waals surface area contributed by atoms with E-state index in [1.807, 2.05) is 6.92 Å². The molecule has 1 aromatic carbocycles. The number of hydrogen-bond donors (Lipinski definition) is 2. The minimum Gasteiger partial charge on any atom is -0.385 e. The lowest BCUT2D eigenvalue weighted by molar-refractivity contribution is 0.0453. The van der Waals surface area contributed by atoms with Crippen LogP contribution in [0.2, 0.25) is 0 Å². The molecule has 30 heavy (non-hydrogen) atoms. The molecule has 0 heterocycles. The van der Waals surface area contributed by atoms with Crippen molar-refractivity contribution in [3.05, 3.63) is 35.4 Å². The molecule has 6 nitrogen and oxygen atoms in total. The van der Waals surface area contributed by atoms with E-state index in [2.05, 4.69) is 41.8 Å². The van der Waals surface area contributed by atoms with Crippen molar-refractivity contribution >= 4 is 5.96 Å². The van der Waals surface area contributed by atoms with E-state index in [1.165, 1.54) is 36.8 Å². The van der Waals surface area contributed by atoms with Gasteiger partial charge in [0.25, 0.3) is 0 Å². The van der Waals surface area contributed by atoms with Crippen LogP contribution in [0.1, 0.15) is 57.1 Å². The monoisotopic (exact) mass is 419 g/mol. The summed E-state index contributed by atoms with van der Waals surface area (Å²) in [6, 6.07) is 8.46. The lowest BCUT2D eigenvalue weighted by atomic mass is 9.83. The van der Waals surface area contributed by atoms with Gasteiger partial charge in [0.1, 0.15) is 0 Å². The summed E-state index contributed by atoms with van der Waals surface area (Å²) in [6.07, 6.45) is 6.29. The molecule has 0 atom stereocenters. The topological polar surface area (TPSA) is 64.1 Å². The Hall–Kier alpha value is -1.63. The first-order valence-corrected chi connectivity index (χ1v) is 11.5. The van der Waals surface area contributed by atoms with Gasteiger partial charge in [-0.25, -0.2) is 4.99 Å². The molecular weight excluding hydrogens is 378 g/mol. The normalized spacial score (nSPS) is 16.0. The van der Waals surface area contributed by atoms with E-state index in [-0.39, 0.29) is 0 Å². The average Bonchev–Trinajstić information content (AvgIpc) is 3.23. The molecule has 2 rings (SSSR count). The number of nitrogens with one attached hydrogen (secondary N) is 2. The molecule has 0 radical (unpaired) electrons. The minimum absolute atomic E-state index is 0.338. The van der Waals surface area contributed by atoms with Gasteiger partial charge in [-0.2, -0.15) is 0 Å². The second-order valence-corrected chi connectivity index (χ2v) is 8.07. The third kappa shape index (κ3) is 9.02. The average molecular weight is 420 g/mol. The first kappa shape index (κ1) is 24.6. The zero-order valence-electron chi connectivity index (χ0n) is 19.2.